The third kappa shape index (κ3) is 2.89. The number of rotatable bonds is 5. The summed E-state index contributed by atoms with van der Waals surface area (Å²) >= 11 is 0. The van der Waals surface area contributed by atoms with E-state index < -0.39 is 16.3 Å². The van der Waals surface area contributed by atoms with Gasteiger partial charge in [0.25, 0.3) is 5.69 Å². The first-order valence-corrected chi connectivity index (χ1v) is 6.31. The van der Waals surface area contributed by atoms with E-state index in [0.29, 0.717) is 0 Å². The Morgan fingerprint density at radius 2 is 1.90 bits per heavy atom. The van der Waals surface area contributed by atoms with Crippen LogP contribution in [0.1, 0.15) is 18.1 Å². The Bertz CT molecular complexity index is 672. The van der Waals surface area contributed by atoms with Gasteiger partial charge >= 0.3 is 5.97 Å². The summed E-state index contributed by atoms with van der Waals surface area (Å²) in [7, 11) is 0. The fraction of sp³-hybridized carbons (Fsp3) is 0.200. The standard InChI is InChI=1S/C15H14N2O4/c1-15(14(18)19,10-11-6-8-16-9-7-11)12-4-2-3-5-13(12)17(20)21/h2-9H,10H2,1H3,(H,18,19). The van der Waals surface area contributed by atoms with Gasteiger partial charge in [-0.25, -0.2) is 0 Å². The van der Waals surface area contributed by atoms with Crippen molar-refractivity contribution < 1.29 is 14.8 Å². The Morgan fingerprint density at radius 1 is 1.29 bits per heavy atom. The highest BCUT2D eigenvalue weighted by Crippen LogP contribution is 2.34. The van der Waals surface area contributed by atoms with Crippen molar-refractivity contribution in [1.82, 2.24) is 4.98 Å². The van der Waals surface area contributed by atoms with E-state index in [1.54, 1.807) is 30.6 Å². The molecule has 0 saturated carbocycles. The summed E-state index contributed by atoms with van der Waals surface area (Å²) in [6, 6.07) is 9.36. The number of aliphatic carboxylic acids is 1. The minimum absolute atomic E-state index is 0.149. The molecule has 0 aliphatic carbocycles. The lowest BCUT2D eigenvalue weighted by Gasteiger charge is -2.25. The fourth-order valence-corrected chi connectivity index (χ4v) is 2.29. The molecule has 0 saturated heterocycles. The van der Waals surface area contributed by atoms with E-state index >= 15 is 0 Å². The number of hydrogen-bond donors (Lipinski definition) is 1. The van der Waals surface area contributed by atoms with Gasteiger partial charge in [-0.2, -0.15) is 0 Å². The fourth-order valence-electron chi connectivity index (χ4n) is 2.29. The molecule has 0 amide bonds. The van der Waals surface area contributed by atoms with Crippen LogP contribution in [0.4, 0.5) is 5.69 Å². The Kier molecular flexibility index (Phi) is 3.98. The van der Waals surface area contributed by atoms with E-state index in [4.69, 9.17) is 0 Å². The molecule has 1 heterocycles. The van der Waals surface area contributed by atoms with Gasteiger partial charge in [0.2, 0.25) is 0 Å². The number of nitrogens with zero attached hydrogens (tertiary/aromatic N) is 2. The maximum Gasteiger partial charge on any atom is 0.314 e. The monoisotopic (exact) mass is 286 g/mol. The minimum Gasteiger partial charge on any atom is -0.481 e. The molecule has 108 valence electrons. The van der Waals surface area contributed by atoms with E-state index in [2.05, 4.69) is 4.98 Å². The van der Waals surface area contributed by atoms with Gasteiger partial charge in [-0.15, -0.1) is 0 Å². The van der Waals surface area contributed by atoms with E-state index in [9.17, 15) is 20.0 Å². The normalized spacial score (nSPS) is 13.4. The number of aromatic nitrogens is 1. The first-order chi connectivity index (χ1) is 9.95. The molecule has 1 unspecified atom stereocenters. The van der Waals surface area contributed by atoms with Gasteiger partial charge in [0.15, 0.2) is 0 Å². The van der Waals surface area contributed by atoms with Crippen LogP contribution >= 0.6 is 0 Å². The number of carboxylic acids is 1. The molecule has 0 fully saturated rings. The van der Waals surface area contributed by atoms with Gasteiger partial charge in [0.1, 0.15) is 5.41 Å². The minimum atomic E-state index is -1.38. The number of nitro benzene ring substituents is 1. The van der Waals surface area contributed by atoms with Crippen LogP contribution in [0.15, 0.2) is 48.8 Å². The summed E-state index contributed by atoms with van der Waals surface area (Å²) in [5, 5.41) is 20.8. The SMILES string of the molecule is CC(Cc1ccncc1)(C(=O)O)c1ccccc1[N+](=O)[O-]. The van der Waals surface area contributed by atoms with Crippen LogP contribution in [0.25, 0.3) is 0 Å². The second kappa shape index (κ2) is 5.70. The predicted octanol–water partition coefficient (Wildman–Crippen LogP) is 2.57. The lowest BCUT2D eigenvalue weighted by molar-refractivity contribution is -0.386. The molecule has 2 aromatic rings. The van der Waals surface area contributed by atoms with Gasteiger partial charge in [0.05, 0.1) is 4.92 Å². The van der Waals surface area contributed by atoms with Gasteiger partial charge in [-0.05, 0) is 31.0 Å². The number of benzene rings is 1. The van der Waals surface area contributed by atoms with Crippen molar-refractivity contribution in [2.45, 2.75) is 18.8 Å². The quantitative estimate of drug-likeness (QED) is 0.673. The van der Waals surface area contributed by atoms with E-state index in [0.717, 1.165) is 5.56 Å². The summed E-state index contributed by atoms with van der Waals surface area (Å²) < 4.78 is 0. The number of carboxylic acid groups (broad SMARTS) is 1. The average Bonchev–Trinajstić information content (AvgIpc) is 2.48. The lowest BCUT2D eigenvalue weighted by Crippen LogP contribution is -2.35. The molecule has 1 aromatic heterocycles. The van der Waals surface area contributed by atoms with Crippen LogP contribution in [0, 0.1) is 10.1 Å². The van der Waals surface area contributed by atoms with Crippen molar-refractivity contribution in [3.05, 3.63) is 70.0 Å². The summed E-state index contributed by atoms with van der Waals surface area (Å²) in [6.07, 6.45) is 3.28. The molecule has 1 N–H and O–H groups in total. The van der Waals surface area contributed by atoms with Crippen LogP contribution in [0.2, 0.25) is 0 Å². The summed E-state index contributed by atoms with van der Waals surface area (Å²) in [6.45, 7) is 1.50. The molecule has 1 atom stereocenters. The van der Waals surface area contributed by atoms with Crippen molar-refractivity contribution in [3.63, 3.8) is 0 Å². The van der Waals surface area contributed by atoms with E-state index in [1.807, 2.05) is 0 Å². The zero-order valence-corrected chi connectivity index (χ0v) is 11.4. The topological polar surface area (TPSA) is 93.3 Å². The molecule has 2 rings (SSSR count). The second-order valence-corrected chi connectivity index (χ2v) is 4.94. The molecule has 0 radical (unpaired) electrons. The van der Waals surface area contributed by atoms with Crippen LogP contribution in [0.3, 0.4) is 0 Å². The maximum atomic E-state index is 11.8. The van der Waals surface area contributed by atoms with E-state index in [-0.39, 0.29) is 17.7 Å². The van der Waals surface area contributed by atoms with Gasteiger partial charge in [0, 0.05) is 24.0 Å². The Hall–Kier alpha value is -2.76. The number of pyridine rings is 1. The van der Waals surface area contributed by atoms with Crippen LogP contribution in [0.5, 0.6) is 0 Å². The van der Waals surface area contributed by atoms with Crippen molar-refractivity contribution in [2.75, 3.05) is 0 Å². The largest absolute Gasteiger partial charge is 0.481 e. The Labute approximate surface area is 121 Å². The molecule has 0 spiro atoms. The molecule has 0 aliphatic rings. The molecule has 1 aromatic carbocycles. The molecule has 6 heteroatoms. The first-order valence-electron chi connectivity index (χ1n) is 6.31. The zero-order chi connectivity index (χ0) is 15.5. The highest BCUT2D eigenvalue weighted by molar-refractivity contribution is 5.83. The van der Waals surface area contributed by atoms with Crippen molar-refractivity contribution in [1.29, 1.82) is 0 Å². The predicted molar refractivity (Wildman–Crippen MR) is 76.0 cm³/mol. The number of nitro groups is 1. The lowest BCUT2D eigenvalue weighted by atomic mass is 9.76. The van der Waals surface area contributed by atoms with Crippen LogP contribution < -0.4 is 0 Å². The molecule has 21 heavy (non-hydrogen) atoms. The second-order valence-electron chi connectivity index (χ2n) is 4.94. The molecule has 0 bridgehead atoms. The van der Waals surface area contributed by atoms with E-state index in [1.165, 1.54) is 25.1 Å². The summed E-state index contributed by atoms with van der Waals surface area (Å²) in [4.78, 5) is 26.2. The van der Waals surface area contributed by atoms with Crippen LogP contribution in [-0.2, 0) is 16.6 Å². The van der Waals surface area contributed by atoms with Crippen molar-refractivity contribution in [2.24, 2.45) is 0 Å². The first kappa shape index (κ1) is 14.6. The van der Waals surface area contributed by atoms with Crippen LogP contribution in [-0.4, -0.2) is 21.0 Å². The highest BCUT2D eigenvalue weighted by atomic mass is 16.6. The number of hydrogen-bond acceptors (Lipinski definition) is 4. The average molecular weight is 286 g/mol. The summed E-state index contributed by atoms with van der Waals surface area (Å²) in [5.41, 5.74) is -0.616. The number of para-hydroxylation sites is 1. The Balaban J connectivity index is 2.53. The number of carbonyl (C=O) groups is 1. The third-order valence-electron chi connectivity index (χ3n) is 3.47. The smallest absolute Gasteiger partial charge is 0.314 e. The third-order valence-corrected chi connectivity index (χ3v) is 3.47. The van der Waals surface area contributed by atoms with Gasteiger partial charge in [-0.1, -0.05) is 18.2 Å². The summed E-state index contributed by atoms with van der Waals surface area (Å²) in [5.74, 6) is -1.10. The highest BCUT2D eigenvalue weighted by Gasteiger charge is 2.40. The van der Waals surface area contributed by atoms with Crippen molar-refractivity contribution >= 4 is 11.7 Å². The van der Waals surface area contributed by atoms with Gasteiger partial charge in [-0.3, -0.25) is 19.9 Å². The Morgan fingerprint density at radius 3 is 2.48 bits per heavy atom. The molecular weight excluding hydrogens is 272 g/mol. The molecule has 6 nitrogen and oxygen atoms in total. The maximum absolute atomic E-state index is 11.8. The van der Waals surface area contributed by atoms with Gasteiger partial charge < -0.3 is 5.11 Å². The molecule has 0 aliphatic heterocycles. The zero-order valence-electron chi connectivity index (χ0n) is 11.4. The van der Waals surface area contributed by atoms with Crippen molar-refractivity contribution in [3.8, 4) is 0 Å². The molecular formula is C15H14N2O4.